The first-order chi connectivity index (χ1) is 13.3. The Morgan fingerprint density at radius 1 is 1.14 bits per heavy atom. The molecule has 0 radical (unpaired) electrons. The second kappa shape index (κ2) is 7.67. The van der Waals surface area contributed by atoms with E-state index in [1.54, 1.807) is 43.3 Å². The number of hydrogen-bond acceptors (Lipinski definition) is 4. The highest BCUT2D eigenvalue weighted by molar-refractivity contribution is 6.09. The molecule has 7 nitrogen and oxygen atoms in total. The summed E-state index contributed by atoms with van der Waals surface area (Å²) in [6.07, 6.45) is 0. The highest BCUT2D eigenvalue weighted by Crippen LogP contribution is 2.29. The van der Waals surface area contributed by atoms with E-state index in [0.29, 0.717) is 16.9 Å². The molecular formula is C20H20FN3O4. The highest BCUT2D eigenvalue weighted by Gasteiger charge is 2.49. The van der Waals surface area contributed by atoms with E-state index < -0.39 is 29.9 Å². The molecule has 0 saturated carbocycles. The van der Waals surface area contributed by atoms with Gasteiger partial charge in [0.05, 0.1) is 7.11 Å². The van der Waals surface area contributed by atoms with Crippen LogP contribution >= 0.6 is 0 Å². The van der Waals surface area contributed by atoms with Crippen LogP contribution in [-0.4, -0.2) is 36.4 Å². The highest BCUT2D eigenvalue weighted by atomic mass is 19.1. The normalized spacial score (nSPS) is 18.8. The standard InChI is InChI=1S/C20H20FN3O4/c1-20(14-5-9-16(28-2)10-6-14)18(26)24(19(27)23-20)12-17(25)22-11-13-3-7-15(21)8-4-13/h3-10H,11-12H2,1-2H3,(H,22,25)(H,23,27)/t20-/m1/s1. The minimum absolute atomic E-state index is 0.165. The monoisotopic (exact) mass is 385 g/mol. The molecule has 1 aliphatic rings. The van der Waals surface area contributed by atoms with Crippen molar-refractivity contribution in [1.82, 2.24) is 15.5 Å². The fourth-order valence-corrected chi connectivity index (χ4v) is 2.96. The molecule has 1 heterocycles. The van der Waals surface area contributed by atoms with Crippen LogP contribution in [0.3, 0.4) is 0 Å². The number of rotatable bonds is 6. The summed E-state index contributed by atoms with van der Waals surface area (Å²) in [6.45, 7) is 1.35. The number of imide groups is 1. The van der Waals surface area contributed by atoms with Crippen LogP contribution in [0.25, 0.3) is 0 Å². The zero-order valence-electron chi connectivity index (χ0n) is 15.5. The van der Waals surface area contributed by atoms with Crippen LogP contribution in [0.2, 0.25) is 0 Å². The summed E-state index contributed by atoms with van der Waals surface area (Å²) in [7, 11) is 1.53. The van der Waals surface area contributed by atoms with Gasteiger partial charge in [0, 0.05) is 6.54 Å². The number of nitrogens with zero attached hydrogens (tertiary/aromatic N) is 1. The molecule has 0 spiro atoms. The third kappa shape index (κ3) is 3.80. The van der Waals surface area contributed by atoms with Gasteiger partial charge in [-0.15, -0.1) is 0 Å². The van der Waals surface area contributed by atoms with Crippen LogP contribution in [0, 0.1) is 5.82 Å². The van der Waals surface area contributed by atoms with Crippen LogP contribution in [0.15, 0.2) is 48.5 Å². The van der Waals surface area contributed by atoms with E-state index in [1.807, 2.05) is 0 Å². The third-order valence-corrected chi connectivity index (χ3v) is 4.65. The zero-order valence-corrected chi connectivity index (χ0v) is 15.5. The van der Waals surface area contributed by atoms with Crippen LogP contribution in [0.4, 0.5) is 9.18 Å². The number of carbonyl (C=O) groups is 3. The van der Waals surface area contributed by atoms with Crippen molar-refractivity contribution >= 4 is 17.8 Å². The van der Waals surface area contributed by atoms with Gasteiger partial charge in [-0.05, 0) is 42.3 Å². The fraction of sp³-hybridized carbons (Fsp3) is 0.250. The first-order valence-corrected chi connectivity index (χ1v) is 8.63. The Hall–Kier alpha value is -3.42. The van der Waals surface area contributed by atoms with Gasteiger partial charge in [-0.3, -0.25) is 14.5 Å². The number of nitrogens with one attached hydrogen (secondary N) is 2. The lowest BCUT2D eigenvalue weighted by Crippen LogP contribution is -2.43. The molecule has 8 heteroatoms. The summed E-state index contributed by atoms with van der Waals surface area (Å²) in [6, 6.07) is 11.8. The molecule has 2 N–H and O–H groups in total. The SMILES string of the molecule is COc1ccc([C@@]2(C)NC(=O)N(CC(=O)NCc3ccc(F)cc3)C2=O)cc1. The first kappa shape index (κ1) is 19.3. The van der Waals surface area contributed by atoms with Crippen molar-refractivity contribution in [2.45, 2.75) is 19.0 Å². The van der Waals surface area contributed by atoms with Crippen molar-refractivity contribution in [3.05, 3.63) is 65.5 Å². The largest absolute Gasteiger partial charge is 0.497 e. The van der Waals surface area contributed by atoms with E-state index in [2.05, 4.69) is 10.6 Å². The minimum atomic E-state index is -1.26. The van der Waals surface area contributed by atoms with Crippen LogP contribution in [0.5, 0.6) is 5.75 Å². The Morgan fingerprint density at radius 2 is 1.79 bits per heavy atom. The second-order valence-corrected chi connectivity index (χ2v) is 6.58. The molecular weight excluding hydrogens is 365 g/mol. The molecule has 2 aromatic rings. The molecule has 146 valence electrons. The Balaban J connectivity index is 1.65. The predicted octanol–water partition coefficient (Wildman–Crippen LogP) is 1.92. The van der Waals surface area contributed by atoms with Crippen molar-refractivity contribution in [2.24, 2.45) is 0 Å². The maximum Gasteiger partial charge on any atom is 0.325 e. The number of halogens is 1. The van der Waals surface area contributed by atoms with E-state index in [4.69, 9.17) is 4.74 Å². The van der Waals surface area contributed by atoms with E-state index in [0.717, 1.165) is 4.90 Å². The summed E-state index contributed by atoms with van der Waals surface area (Å²) >= 11 is 0. The predicted molar refractivity (Wildman–Crippen MR) is 98.8 cm³/mol. The summed E-state index contributed by atoms with van der Waals surface area (Å²) in [5.41, 5.74) is 0.0246. The molecule has 1 fully saturated rings. The molecule has 0 aromatic heterocycles. The van der Waals surface area contributed by atoms with Crippen LogP contribution < -0.4 is 15.4 Å². The Labute approximate surface area is 161 Å². The number of methoxy groups -OCH3 is 1. The molecule has 1 aliphatic heterocycles. The smallest absolute Gasteiger partial charge is 0.325 e. The minimum Gasteiger partial charge on any atom is -0.497 e. The maximum absolute atomic E-state index is 12.9. The number of urea groups is 1. The molecule has 4 amide bonds. The lowest BCUT2D eigenvalue weighted by atomic mass is 9.92. The van der Waals surface area contributed by atoms with Crippen molar-refractivity contribution in [2.75, 3.05) is 13.7 Å². The topological polar surface area (TPSA) is 87.7 Å². The van der Waals surface area contributed by atoms with Crippen LogP contribution in [-0.2, 0) is 21.7 Å². The van der Waals surface area contributed by atoms with Crippen molar-refractivity contribution < 1.29 is 23.5 Å². The molecule has 1 atom stereocenters. The molecule has 2 aromatic carbocycles. The lowest BCUT2D eigenvalue weighted by Gasteiger charge is -2.22. The quantitative estimate of drug-likeness (QED) is 0.744. The van der Waals surface area contributed by atoms with Gasteiger partial charge >= 0.3 is 6.03 Å². The number of amides is 4. The molecule has 1 saturated heterocycles. The van der Waals surface area contributed by atoms with Gasteiger partial charge in [-0.1, -0.05) is 24.3 Å². The van der Waals surface area contributed by atoms with Crippen LogP contribution in [0.1, 0.15) is 18.1 Å². The van der Waals surface area contributed by atoms with Gasteiger partial charge in [0.2, 0.25) is 5.91 Å². The van der Waals surface area contributed by atoms with Gasteiger partial charge < -0.3 is 15.4 Å². The van der Waals surface area contributed by atoms with Crippen molar-refractivity contribution in [3.63, 3.8) is 0 Å². The molecule has 0 unspecified atom stereocenters. The molecule has 3 rings (SSSR count). The summed E-state index contributed by atoms with van der Waals surface area (Å²) in [5.74, 6) is -0.750. The fourth-order valence-electron chi connectivity index (χ4n) is 2.96. The molecule has 28 heavy (non-hydrogen) atoms. The number of benzene rings is 2. The van der Waals surface area contributed by atoms with Gasteiger partial charge in [0.1, 0.15) is 23.7 Å². The third-order valence-electron chi connectivity index (χ3n) is 4.65. The van der Waals surface area contributed by atoms with E-state index >= 15 is 0 Å². The van der Waals surface area contributed by atoms with E-state index in [-0.39, 0.29) is 12.4 Å². The Morgan fingerprint density at radius 3 is 2.39 bits per heavy atom. The van der Waals surface area contributed by atoms with Gasteiger partial charge in [0.25, 0.3) is 5.91 Å². The zero-order chi connectivity index (χ0) is 20.3. The summed E-state index contributed by atoms with van der Waals surface area (Å²) < 4.78 is 18.0. The maximum atomic E-state index is 12.9. The van der Waals surface area contributed by atoms with Gasteiger partial charge in [0.15, 0.2) is 0 Å². The summed E-state index contributed by atoms with van der Waals surface area (Å²) in [5, 5.41) is 5.26. The second-order valence-electron chi connectivity index (χ2n) is 6.58. The van der Waals surface area contributed by atoms with E-state index in [9.17, 15) is 18.8 Å². The lowest BCUT2D eigenvalue weighted by molar-refractivity contribution is -0.134. The number of hydrogen-bond donors (Lipinski definition) is 2. The first-order valence-electron chi connectivity index (χ1n) is 8.63. The average Bonchev–Trinajstić information content (AvgIpc) is 2.91. The van der Waals surface area contributed by atoms with Gasteiger partial charge in [-0.2, -0.15) is 0 Å². The number of ether oxygens (including phenoxy) is 1. The summed E-state index contributed by atoms with van der Waals surface area (Å²) in [4.78, 5) is 38.2. The number of carbonyl (C=O) groups excluding carboxylic acids is 3. The van der Waals surface area contributed by atoms with E-state index in [1.165, 1.54) is 19.2 Å². The average molecular weight is 385 g/mol. The molecule has 0 bridgehead atoms. The van der Waals surface area contributed by atoms with Gasteiger partial charge in [-0.25, -0.2) is 9.18 Å². The molecule has 0 aliphatic carbocycles. The van der Waals surface area contributed by atoms with Crippen molar-refractivity contribution in [3.8, 4) is 5.75 Å². The Bertz CT molecular complexity index is 899. The van der Waals surface area contributed by atoms with Crippen molar-refractivity contribution in [1.29, 1.82) is 0 Å². The Kier molecular flexibility index (Phi) is 5.30.